The number of rotatable bonds is 5. The quantitative estimate of drug-likeness (QED) is 0.797. The van der Waals surface area contributed by atoms with E-state index in [-0.39, 0.29) is 5.92 Å². The Labute approximate surface area is 117 Å². The fourth-order valence-electron chi connectivity index (χ4n) is 3.10. The third-order valence-electron chi connectivity index (χ3n) is 4.15. The molecule has 1 aliphatic heterocycles. The monoisotopic (exact) mass is 256 g/mol. The van der Waals surface area contributed by atoms with Gasteiger partial charge in [-0.15, -0.1) is 0 Å². The van der Waals surface area contributed by atoms with Crippen LogP contribution in [0.5, 0.6) is 0 Å². The topological polar surface area (TPSA) is 27.0 Å². The molecule has 0 amide bonds. The van der Waals surface area contributed by atoms with E-state index in [4.69, 9.17) is 0 Å². The van der Waals surface area contributed by atoms with Crippen molar-refractivity contribution in [3.8, 4) is 6.07 Å². The summed E-state index contributed by atoms with van der Waals surface area (Å²) in [7, 11) is 0. The SMILES string of the molecule is CCCC1CCCCN1CC(C#N)c1ccccc1. The van der Waals surface area contributed by atoms with Crippen LogP contribution in [0, 0.1) is 11.3 Å². The van der Waals surface area contributed by atoms with Crippen molar-refractivity contribution in [2.45, 2.75) is 51.0 Å². The summed E-state index contributed by atoms with van der Waals surface area (Å²) in [6.07, 6.45) is 6.45. The van der Waals surface area contributed by atoms with E-state index >= 15 is 0 Å². The summed E-state index contributed by atoms with van der Waals surface area (Å²) >= 11 is 0. The van der Waals surface area contributed by atoms with E-state index in [2.05, 4.69) is 30.0 Å². The Bertz CT molecular complexity index is 405. The lowest BCUT2D eigenvalue weighted by molar-refractivity contribution is 0.137. The van der Waals surface area contributed by atoms with Gasteiger partial charge in [-0.2, -0.15) is 5.26 Å². The first-order valence-corrected chi connectivity index (χ1v) is 7.53. The van der Waals surface area contributed by atoms with E-state index in [0.29, 0.717) is 6.04 Å². The molecule has 19 heavy (non-hydrogen) atoms. The molecule has 2 atom stereocenters. The molecule has 0 radical (unpaired) electrons. The highest BCUT2D eigenvalue weighted by Gasteiger charge is 2.24. The lowest BCUT2D eigenvalue weighted by Crippen LogP contribution is -2.41. The maximum atomic E-state index is 9.45. The Morgan fingerprint density at radius 1 is 1.32 bits per heavy atom. The molecule has 2 unspecified atom stereocenters. The summed E-state index contributed by atoms with van der Waals surface area (Å²) in [4.78, 5) is 2.55. The largest absolute Gasteiger partial charge is 0.299 e. The van der Waals surface area contributed by atoms with Gasteiger partial charge in [0.25, 0.3) is 0 Å². The van der Waals surface area contributed by atoms with Gasteiger partial charge in [0.05, 0.1) is 12.0 Å². The first-order chi connectivity index (χ1) is 9.35. The molecule has 1 heterocycles. The Morgan fingerprint density at radius 2 is 2.11 bits per heavy atom. The summed E-state index contributed by atoms with van der Waals surface area (Å²) in [6, 6.07) is 13.4. The van der Waals surface area contributed by atoms with Gasteiger partial charge in [0.1, 0.15) is 0 Å². The molecule has 0 saturated carbocycles. The molecule has 2 nitrogen and oxygen atoms in total. The molecule has 2 heteroatoms. The molecule has 1 fully saturated rings. The molecule has 1 aliphatic rings. The Balaban J connectivity index is 2.03. The highest BCUT2D eigenvalue weighted by molar-refractivity contribution is 5.25. The van der Waals surface area contributed by atoms with Crippen molar-refractivity contribution >= 4 is 0 Å². The van der Waals surface area contributed by atoms with Gasteiger partial charge < -0.3 is 0 Å². The molecule has 0 spiro atoms. The maximum Gasteiger partial charge on any atom is 0.0839 e. The van der Waals surface area contributed by atoms with Gasteiger partial charge in [0, 0.05) is 12.6 Å². The average Bonchev–Trinajstić information content (AvgIpc) is 2.47. The zero-order valence-corrected chi connectivity index (χ0v) is 11.9. The molecular formula is C17H24N2. The smallest absolute Gasteiger partial charge is 0.0839 e. The fraction of sp³-hybridized carbons (Fsp3) is 0.588. The Morgan fingerprint density at radius 3 is 2.79 bits per heavy atom. The highest BCUT2D eigenvalue weighted by atomic mass is 15.2. The summed E-state index contributed by atoms with van der Waals surface area (Å²) in [6.45, 7) is 4.31. The van der Waals surface area contributed by atoms with Crippen molar-refractivity contribution < 1.29 is 0 Å². The summed E-state index contributed by atoms with van der Waals surface area (Å²) < 4.78 is 0. The van der Waals surface area contributed by atoms with Crippen LogP contribution in [-0.4, -0.2) is 24.0 Å². The van der Waals surface area contributed by atoms with Crippen LogP contribution in [0.15, 0.2) is 30.3 Å². The molecule has 2 rings (SSSR count). The minimum Gasteiger partial charge on any atom is -0.299 e. The summed E-state index contributed by atoms with van der Waals surface area (Å²) in [5.74, 6) is 0.0126. The van der Waals surface area contributed by atoms with Crippen LogP contribution >= 0.6 is 0 Å². The Kier molecular flexibility index (Phi) is 5.42. The van der Waals surface area contributed by atoms with E-state index in [0.717, 1.165) is 18.7 Å². The first-order valence-electron chi connectivity index (χ1n) is 7.53. The van der Waals surface area contributed by atoms with Crippen molar-refractivity contribution in [3.05, 3.63) is 35.9 Å². The van der Waals surface area contributed by atoms with Crippen LogP contribution in [-0.2, 0) is 0 Å². The molecule has 0 aliphatic carbocycles. The van der Waals surface area contributed by atoms with Gasteiger partial charge in [-0.3, -0.25) is 4.90 Å². The van der Waals surface area contributed by atoms with Crippen LogP contribution in [0.2, 0.25) is 0 Å². The normalized spacial score (nSPS) is 21.8. The van der Waals surface area contributed by atoms with Crippen molar-refractivity contribution in [1.82, 2.24) is 4.90 Å². The van der Waals surface area contributed by atoms with Crippen molar-refractivity contribution in [3.63, 3.8) is 0 Å². The lowest BCUT2D eigenvalue weighted by Gasteiger charge is -2.36. The molecule has 1 aromatic rings. The third-order valence-corrected chi connectivity index (χ3v) is 4.15. The molecule has 0 aromatic heterocycles. The molecular weight excluding hydrogens is 232 g/mol. The number of nitrogens with zero attached hydrogens (tertiary/aromatic N) is 2. The average molecular weight is 256 g/mol. The number of benzene rings is 1. The van der Waals surface area contributed by atoms with Gasteiger partial charge in [0.15, 0.2) is 0 Å². The van der Waals surface area contributed by atoms with Gasteiger partial charge in [-0.05, 0) is 31.4 Å². The zero-order valence-electron chi connectivity index (χ0n) is 11.9. The van der Waals surface area contributed by atoms with Crippen LogP contribution in [0.3, 0.4) is 0 Å². The predicted octanol–water partition coefficient (Wildman–Crippen LogP) is 3.95. The molecule has 1 aromatic carbocycles. The molecule has 0 N–H and O–H groups in total. The summed E-state index contributed by atoms with van der Waals surface area (Å²) in [5, 5.41) is 9.45. The Hall–Kier alpha value is -1.33. The van der Waals surface area contributed by atoms with Gasteiger partial charge in [0.2, 0.25) is 0 Å². The number of hydrogen-bond donors (Lipinski definition) is 0. The van der Waals surface area contributed by atoms with E-state index in [9.17, 15) is 5.26 Å². The zero-order chi connectivity index (χ0) is 13.5. The van der Waals surface area contributed by atoms with Gasteiger partial charge in [-0.1, -0.05) is 50.1 Å². The maximum absolute atomic E-state index is 9.45. The van der Waals surface area contributed by atoms with Crippen molar-refractivity contribution in [2.24, 2.45) is 0 Å². The molecule has 1 saturated heterocycles. The highest BCUT2D eigenvalue weighted by Crippen LogP contribution is 2.24. The van der Waals surface area contributed by atoms with Crippen LogP contribution in [0.25, 0.3) is 0 Å². The van der Waals surface area contributed by atoms with Gasteiger partial charge >= 0.3 is 0 Å². The molecule has 102 valence electrons. The first kappa shape index (κ1) is 14.1. The third kappa shape index (κ3) is 3.81. The molecule has 0 bridgehead atoms. The fourth-order valence-corrected chi connectivity index (χ4v) is 3.10. The van der Waals surface area contributed by atoms with Crippen LogP contribution < -0.4 is 0 Å². The number of hydrogen-bond acceptors (Lipinski definition) is 2. The second-order valence-corrected chi connectivity index (χ2v) is 5.53. The van der Waals surface area contributed by atoms with Crippen LogP contribution in [0.4, 0.5) is 0 Å². The van der Waals surface area contributed by atoms with Gasteiger partial charge in [-0.25, -0.2) is 0 Å². The lowest BCUT2D eigenvalue weighted by atomic mass is 9.94. The van der Waals surface area contributed by atoms with E-state index in [1.807, 2.05) is 18.2 Å². The van der Waals surface area contributed by atoms with E-state index in [1.54, 1.807) is 0 Å². The number of likely N-dealkylation sites (tertiary alicyclic amines) is 1. The van der Waals surface area contributed by atoms with E-state index < -0.39 is 0 Å². The minimum atomic E-state index is 0.0126. The second-order valence-electron chi connectivity index (χ2n) is 5.53. The minimum absolute atomic E-state index is 0.0126. The summed E-state index contributed by atoms with van der Waals surface area (Å²) in [5.41, 5.74) is 1.16. The van der Waals surface area contributed by atoms with Crippen molar-refractivity contribution in [1.29, 1.82) is 5.26 Å². The standard InChI is InChI=1S/C17H24N2/c1-2-8-17-11-6-7-12-19(17)14-16(13-18)15-9-4-3-5-10-15/h3-5,9-10,16-17H,2,6-8,11-12,14H2,1H3. The van der Waals surface area contributed by atoms with E-state index in [1.165, 1.54) is 32.1 Å². The predicted molar refractivity (Wildman–Crippen MR) is 78.9 cm³/mol. The number of nitriles is 1. The second kappa shape index (κ2) is 7.31. The van der Waals surface area contributed by atoms with Crippen LogP contribution in [0.1, 0.15) is 50.5 Å². The number of piperidine rings is 1. The van der Waals surface area contributed by atoms with Crippen molar-refractivity contribution in [2.75, 3.05) is 13.1 Å².